The summed E-state index contributed by atoms with van der Waals surface area (Å²) in [6, 6.07) is 7.32. The Hall–Kier alpha value is -2.34. The van der Waals surface area contributed by atoms with Gasteiger partial charge in [-0.25, -0.2) is 4.98 Å². The Kier molecular flexibility index (Phi) is 3.76. The number of phenolic OH excluding ortho intramolecular Hbond substituents is 1. The Morgan fingerprint density at radius 3 is 2.79 bits per heavy atom. The molecule has 24 heavy (non-hydrogen) atoms. The number of rotatable bonds is 3. The van der Waals surface area contributed by atoms with E-state index in [1.165, 1.54) is 6.20 Å². The average Bonchev–Trinajstić information content (AvgIpc) is 3.09. The second-order valence-electron chi connectivity index (χ2n) is 6.66. The zero-order valence-electron chi connectivity index (χ0n) is 13.6. The van der Waals surface area contributed by atoms with E-state index in [4.69, 9.17) is 4.42 Å². The van der Waals surface area contributed by atoms with Crippen LogP contribution in [0, 0.1) is 5.92 Å². The van der Waals surface area contributed by atoms with E-state index < -0.39 is 0 Å². The smallest absolute Gasteiger partial charge is 0.307 e. The van der Waals surface area contributed by atoms with Crippen molar-refractivity contribution in [3.05, 3.63) is 36.4 Å². The fourth-order valence-corrected chi connectivity index (χ4v) is 3.94. The van der Waals surface area contributed by atoms with Gasteiger partial charge in [-0.3, -0.25) is 9.69 Å². The largest absolute Gasteiger partial charge is 0.507 e. The van der Waals surface area contributed by atoms with Gasteiger partial charge in [0.05, 0.1) is 11.8 Å². The van der Waals surface area contributed by atoms with E-state index in [-0.39, 0.29) is 23.6 Å². The van der Waals surface area contributed by atoms with E-state index in [1.54, 1.807) is 24.3 Å². The summed E-state index contributed by atoms with van der Waals surface area (Å²) < 4.78 is 5.57. The van der Waals surface area contributed by atoms with Gasteiger partial charge in [0, 0.05) is 12.1 Å². The minimum atomic E-state index is -0.290. The number of aromatic nitrogens is 1. The monoisotopic (exact) mass is 327 g/mol. The molecule has 1 aromatic heterocycles. The number of carbonyl (C=O) groups is 1. The highest BCUT2D eigenvalue weighted by atomic mass is 16.4. The number of benzene rings is 1. The van der Waals surface area contributed by atoms with Gasteiger partial charge in [-0.1, -0.05) is 12.1 Å². The van der Waals surface area contributed by atoms with Crippen molar-refractivity contribution in [3.8, 4) is 17.1 Å². The Morgan fingerprint density at radius 1 is 1.33 bits per heavy atom. The SMILES string of the molecule is C[C@H]1[C@H](NC(=O)c2ncc(-c3ccccc3O)o2)C2CCN1CC2. The van der Waals surface area contributed by atoms with Crippen LogP contribution in [0.5, 0.6) is 5.75 Å². The molecule has 3 aliphatic rings. The number of carbonyl (C=O) groups excluding carboxylic acids is 1. The molecule has 3 saturated heterocycles. The van der Waals surface area contributed by atoms with E-state index in [0.717, 1.165) is 25.9 Å². The minimum absolute atomic E-state index is 0.0388. The van der Waals surface area contributed by atoms with Crippen molar-refractivity contribution in [2.75, 3.05) is 13.1 Å². The Bertz CT molecular complexity index is 747. The fraction of sp³-hybridized carbons (Fsp3) is 0.444. The maximum Gasteiger partial charge on any atom is 0.307 e. The van der Waals surface area contributed by atoms with Crippen LogP contribution in [0.2, 0.25) is 0 Å². The fourth-order valence-electron chi connectivity index (χ4n) is 3.94. The van der Waals surface area contributed by atoms with Crippen LogP contribution in [0.4, 0.5) is 0 Å². The van der Waals surface area contributed by atoms with Crippen LogP contribution in [0.15, 0.2) is 34.9 Å². The van der Waals surface area contributed by atoms with Crippen LogP contribution in [0.1, 0.15) is 30.5 Å². The van der Waals surface area contributed by atoms with Crippen molar-refractivity contribution < 1.29 is 14.3 Å². The third-order valence-corrected chi connectivity index (χ3v) is 5.34. The summed E-state index contributed by atoms with van der Waals surface area (Å²) in [7, 11) is 0. The van der Waals surface area contributed by atoms with Crippen molar-refractivity contribution in [2.24, 2.45) is 5.92 Å². The highest BCUT2D eigenvalue weighted by Crippen LogP contribution is 2.33. The number of hydrogen-bond donors (Lipinski definition) is 2. The van der Waals surface area contributed by atoms with Crippen LogP contribution >= 0.6 is 0 Å². The summed E-state index contributed by atoms with van der Waals surface area (Å²) in [5.41, 5.74) is 0.528. The molecule has 2 aromatic rings. The predicted molar refractivity (Wildman–Crippen MR) is 88.6 cm³/mol. The Morgan fingerprint density at radius 2 is 2.08 bits per heavy atom. The molecule has 1 amide bonds. The number of aromatic hydroxyl groups is 1. The second kappa shape index (κ2) is 5.94. The lowest BCUT2D eigenvalue weighted by Gasteiger charge is -2.49. The molecule has 6 nitrogen and oxygen atoms in total. The van der Waals surface area contributed by atoms with Gasteiger partial charge in [-0.2, -0.15) is 0 Å². The van der Waals surface area contributed by atoms with Gasteiger partial charge in [0.15, 0.2) is 5.76 Å². The molecule has 4 heterocycles. The first-order valence-corrected chi connectivity index (χ1v) is 8.42. The van der Waals surface area contributed by atoms with Crippen molar-refractivity contribution in [2.45, 2.75) is 31.8 Å². The summed E-state index contributed by atoms with van der Waals surface area (Å²) in [4.78, 5) is 19.0. The molecule has 1 aromatic carbocycles. The summed E-state index contributed by atoms with van der Waals surface area (Å²) in [5.74, 6) is 0.771. The number of piperidine rings is 3. The third-order valence-electron chi connectivity index (χ3n) is 5.34. The maximum atomic E-state index is 12.5. The summed E-state index contributed by atoms with van der Waals surface area (Å²) in [6.45, 7) is 4.41. The van der Waals surface area contributed by atoms with Crippen molar-refractivity contribution in [1.82, 2.24) is 15.2 Å². The van der Waals surface area contributed by atoms with Gasteiger partial charge in [0.2, 0.25) is 0 Å². The first kappa shape index (κ1) is 15.2. The van der Waals surface area contributed by atoms with Crippen molar-refractivity contribution >= 4 is 5.91 Å². The number of hydrogen-bond acceptors (Lipinski definition) is 5. The number of oxazole rings is 1. The second-order valence-corrected chi connectivity index (χ2v) is 6.66. The van der Waals surface area contributed by atoms with Gasteiger partial charge in [-0.15, -0.1) is 0 Å². The van der Waals surface area contributed by atoms with Gasteiger partial charge in [0.25, 0.3) is 5.89 Å². The normalized spacial score (nSPS) is 28.7. The van der Waals surface area contributed by atoms with E-state index in [1.807, 2.05) is 0 Å². The van der Waals surface area contributed by atoms with E-state index in [9.17, 15) is 9.90 Å². The number of nitrogens with zero attached hydrogens (tertiary/aromatic N) is 2. The molecule has 0 spiro atoms. The molecule has 2 bridgehead atoms. The summed E-state index contributed by atoms with van der Waals surface area (Å²) in [5, 5.41) is 13.0. The number of phenols is 1. The van der Waals surface area contributed by atoms with Crippen LogP contribution < -0.4 is 5.32 Å². The molecule has 0 unspecified atom stereocenters. The van der Waals surface area contributed by atoms with Crippen LogP contribution in [-0.4, -0.2) is 46.1 Å². The van der Waals surface area contributed by atoms with E-state index in [0.29, 0.717) is 23.3 Å². The average molecular weight is 327 g/mol. The van der Waals surface area contributed by atoms with Gasteiger partial charge in [-0.05, 0) is 50.9 Å². The summed E-state index contributed by atoms with van der Waals surface area (Å²) in [6.07, 6.45) is 3.73. The molecule has 126 valence electrons. The number of fused-ring (bicyclic) bond motifs is 3. The molecule has 0 aliphatic carbocycles. The van der Waals surface area contributed by atoms with Crippen molar-refractivity contribution in [3.63, 3.8) is 0 Å². The van der Waals surface area contributed by atoms with Gasteiger partial charge < -0.3 is 14.8 Å². The third kappa shape index (κ3) is 2.57. The van der Waals surface area contributed by atoms with E-state index >= 15 is 0 Å². The first-order valence-electron chi connectivity index (χ1n) is 8.42. The number of amides is 1. The lowest BCUT2D eigenvalue weighted by molar-refractivity contribution is 0.0210. The highest BCUT2D eigenvalue weighted by Gasteiger charge is 2.40. The summed E-state index contributed by atoms with van der Waals surface area (Å²) >= 11 is 0. The molecule has 2 atom stereocenters. The van der Waals surface area contributed by atoms with Crippen molar-refractivity contribution in [1.29, 1.82) is 0 Å². The van der Waals surface area contributed by atoms with Crippen LogP contribution in [-0.2, 0) is 0 Å². The zero-order valence-corrected chi connectivity index (χ0v) is 13.6. The number of nitrogens with one attached hydrogen (secondary N) is 1. The first-order chi connectivity index (χ1) is 11.6. The standard InChI is InChI=1S/C18H21N3O3/c1-11-16(12-6-8-21(11)9-7-12)20-17(23)18-19-10-15(24-18)13-4-2-3-5-14(13)22/h2-5,10-12,16,22H,6-9H2,1H3,(H,20,23)/t11-,16-/m0/s1. The molecular weight excluding hydrogens is 306 g/mol. The van der Waals surface area contributed by atoms with Gasteiger partial charge >= 0.3 is 5.91 Å². The molecular formula is C18H21N3O3. The minimum Gasteiger partial charge on any atom is -0.507 e. The molecule has 3 fully saturated rings. The molecule has 5 rings (SSSR count). The Balaban J connectivity index is 1.51. The maximum absolute atomic E-state index is 12.5. The molecule has 0 radical (unpaired) electrons. The van der Waals surface area contributed by atoms with Crippen LogP contribution in [0.3, 0.4) is 0 Å². The lowest BCUT2D eigenvalue weighted by atomic mass is 9.79. The van der Waals surface area contributed by atoms with E-state index in [2.05, 4.69) is 22.1 Å². The van der Waals surface area contributed by atoms with Gasteiger partial charge in [0.1, 0.15) is 5.75 Å². The molecule has 6 heteroatoms. The number of para-hydroxylation sites is 1. The topological polar surface area (TPSA) is 78.6 Å². The highest BCUT2D eigenvalue weighted by molar-refractivity contribution is 5.90. The molecule has 0 saturated carbocycles. The predicted octanol–water partition coefficient (Wildman–Crippen LogP) is 2.26. The van der Waals surface area contributed by atoms with Crippen LogP contribution in [0.25, 0.3) is 11.3 Å². The quantitative estimate of drug-likeness (QED) is 0.904. The molecule has 3 aliphatic heterocycles. The lowest BCUT2D eigenvalue weighted by Crippen LogP contribution is -2.62. The molecule has 2 N–H and O–H groups in total. The zero-order chi connectivity index (χ0) is 16.7. The Labute approximate surface area is 140 Å².